The zero-order valence-electron chi connectivity index (χ0n) is 5.35. The molecule has 1 aromatic carbocycles. The zero-order valence-corrected chi connectivity index (χ0v) is 11.2. The number of halogens is 1. The van der Waals surface area contributed by atoms with Crippen molar-refractivity contribution in [2.24, 2.45) is 0 Å². The van der Waals surface area contributed by atoms with Crippen molar-refractivity contribution in [3.05, 3.63) is 35.6 Å². The molecule has 0 aliphatic heterocycles. The molecule has 1 rings (SSSR count). The van der Waals surface area contributed by atoms with Crippen LogP contribution in [0.2, 0.25) is 0 Å². The van der Waals surface area contributed by atoms with E-state index in [1.807, 2.05) is 6.92 Å². The molecule has 1 aromatic rings. The van der Waals surface area contributed by atoms with E-state index in [1.165, 1.54) is 0 Å². The second kappa shape index (κ2) is 6.25. The first-order chi connectivity index (χ1) is 3.79. The van der Waals surface area contributed by atoms with Crippen LogP contribution in [0, 0.1) is 24.9 Å². The Kier molecular flexibility index (Phi) is 8.21. The van der Waals surface area contributed by atoms with E-state index >= 15 is 0 Å². The molecule has 0 N–H and O–H groups in total. The van der Waals surface area contributed by atoms with Gasteiger partial charge in [-0.25, -0.2) is 0 Å². The van der Waals surface area contributed by atoms with Crippen LogP contribution in [0.15, 0.2) is 12.1 Å². The molecule has 10 heavy (non-hydrogen) atoms. The van der Waals surface area contributed by atoms with E-state index in [-0.39, 0.29) is 42.1 Å². The molecule has 0 fully saturated rings. The summed E-state index contributed by atoms with van der Waals surface area (Å²) in [7, 11) is 0. The van der Waals surface area contributed by atoms with Gasteiger partial charge in [0.2, 0.25) is 0 Å². The molecular weight excluding hydrogens is 471 g/mol. The Labute approximate surface area is 88.7 Å². The van der Waals surface area contributed by atoms with Crippen LogP contribution in [-0.4, -0.2) is 0 Å². The van der Waals surface area contributed by atoms with Gasteiger partial charge >= 0.3 is 0 Å². The second-order valence-electron chi connectivity index (χ2n) is 1.64. The number of aryl methyl sites for hydroxylation is 1. The first-order valence-electron chi connectivity index (χ1n) is 2.34. The summed E-state index contributed by atoms with van der Waals surface area (Å²) in [4.78, 5) is 0. The molecule has 0 aliphatic carbocycles. The van der Waals surface area contributed by atoms with E-state index in [4.69, 9.17) is 0 Å². The van der Waals surface area contributed by atoms with Crippen LogP contribution in [0.1, 0.15) is 5.56 Å². The SMILES string of the molecule is Cc1c[c-]c(F)[c-]c1.[W].[W]. The van der Waals surface area contributed by atoms with E-state index in [0.29, 0.717) is 0 Å². The zero-order chi connectivity index (χ0) is 5.98. The van der Waals surface area contributed by atoms with Crippen molar-refractivity contribution in [3.63, 3.8) is 0 Å². The van der Waals surface area contributed by atoms with E-state index in [1.54, 1.807) is 12.1 Å². The quantitative estimate of drug-likeness (QED) is 0.502. The Morgan fingerprint density at radius 1 is 1.20 bits per heavy atom. The van der Waals surface area contributed by atoms with Gasteiger partial charge in [-0.3, -0.25) is 22.1 Å². The number of rotatable bonds is 0. The monoisotopic (exact) mass is 476 g/mol. The molecule has 0 atom stereocenters. The van der Waals surface area contributed by atoms with Crippen molar-refractivity contribution in [1.82, 2.24) is 0 Å². The average molecular weight is 476 g/mol. The minimum Gasteiger partial charge on any atom is -0.322 e. The number of hydrogen-bond donors (Lipinski definition) is 0. The van der Waals surface area contributed by atoms with Crippen molar-refractivity contribution in [3.8, 4) is 0 Å². The van der Waals surface area contributed by atoms with Crippen LogP contribution in [-0.2, 0) is 42.1 Å². The summed E-state index contributed by atoms with van der Waals surface area (Å²) >= 11 is 0. The van der Waals surface area contributed by atoms with Gasteiger partial charge in [0, 0.05) is 42.1 Å². The van der Waals surface area contributed by atoms with Crippen LogP contribution in [0.3, 0.4) is 0 Å². The molecular formula is C7H5FW2-2. The van der Waals surface area contributed by atoms with E-state index in [2.05, 4.69) is 12.1 Å². The number of benzene rings is 1. The fourth-order valence-corrected chi connectivity index (χ4v) is 0.438. The van der Waals surface area contributed by atoms with Gasteiger partial charge < -0.3 is 12.1 Å². The van der Waals surface area contributed by atoms with Gasteiger partial charge in [0.1, 0.15) is 0 Å². The summed E-state index contributed by atoms with van der Waals surface area (Å²) in [6.45, 7) is 1.87. The Balaban J connectivity index is 0. The first kappa shape index (κ1) is 13.1. The minimum absolute atomic E-state index is 0. The van der Waals surface area contributed by atoms with E-state index < -0.39 is 5.82 Å². The third-order valence-corrected chi connectivity index (χ3v) is 0.853. The maximum atomic E-state index is 12.0. The van der Waals surface area contributed by atoms with Crippen LogP contribution < -0.4 is 0 Å². The summed E-state index contributed by atoms with van der Waals surface area (Å²) in [5.74, 6) is -0.421. The molecule has 3 heteroatoms. The standard InChI is InChI=1S/C7H5F.2W/c1-6-2-4-7(8)5-3-6;;/h2-3H,1H3;;/q-2;;. The third-order valence-electron chi connectivity index (χ3n) is 0.853. The molecule has 0 nitrogen and oxygen atoms in total. The van der Waals surface area contributed by atoms with Gasteiger partial charge in [0.15, 0.2) is 0 Å². The largest absolute Gasteiger partial charge is 0.322 e. The van der Waals surface area contributed by atoms with Crippen LogP contribution in [0.25, 0.3) is 0 Å². The maximum absolute atomic E-state index is 12.0. The van der Waals surface area contributed by atoms with Gasteiger partial charge in [0.05, 0.1) is 0 Å². The smallest absolute Gasteiger partial charge is 0 e. The van der Waals surface area contributed by atoms with Crippen molar-refractivity contribution in [2.75, 3.05) is 0 Å². The maximum Gasteiger partial charge on any atom is 0 e. The number of hydrogen-bond acceptors (Lipinski definition) is 0. The molecule has 0 aliphatic rings. The molecule has 0 heterocycles. The molecule has 0 aromatic heterocycles. The summed E-state index contributed by atoms with van der Waals surface area (Å²) in [5.41, 5.74) is 0.978. The molecule has 54 valence electrons. The Bertz CT molecular complexity index is 150. The van der Waals surface area contributed by atoms with Gasteiger partial charge in [0.25, 0.3) is 0 Å². The van der Waals surface area contributed by atoms with Gasteiger partial charge in [-0.15, -0.1) is 12.7 Å². The van der Waals surface area contributed by atoms with Gasteiger partial charge in [-0.05, 0) is 0 Å². The van der Waals surface area contributed by atoms with Crippen LogP contribution in [0.5, 0.6) is 0 Å². The second-order valence-corrected chi connectivity index (χ2v) is 1.64. The third kappa shape index (κ3) is 4.36. The van der Waals surface area contributed by atoms with Crippen molar-refractivity contribution in [1.29, 1.82) is 0 Å². The normalized spacial score (nSPS) is 7.40. The van der Waals surface area contributed by atoms with Crippen molar-refractivity contribution < 1.29 is 46.5 Å². The minimum atomic E-state index is -0.421. The predicted molar refractivity (Wildman–Crippen MR) is 28.8 cm³/mol. The fraction of sp³-hybridized carbons (Fsp3) is 0.143. The average Bonchev–Trinajstić information content (AvgIpc) is 1.77. The topological polar surface area (TPSA) is 0 Å². The van der Waals surface area contributed by atoms with Crippen molar-refractivity contribution in [2.45, 2.75) is 6.92 Å². The van der Waals surface area contributed by atoms with Crippen LogP contribution in [0.4, 0.5) is 4.39 Å². The summed E-state index contributed by atoms with van der Waals surface area (Å²) in [6, 6.07) is 7.93. The summed E-state index contributed by atoms with van der Waals surface area (Å²) in [6.07, 6.45) is 0. The summed E-state index contributed by atoms with van der Waals surface area (Å²) < 4.78 is 12.0. The molecule has 0 saturated carbocycles. The Morgan fingerprint density at radius 2 is 1.60 bits per heavy atom. The molecule has 0 bridgehead atoms. The molecule has 0 unspecified atom stereocenters. The summed E-state index contributed by atoms with van der Waals surface area (Å²) in [5, 5.41) is 0. The predicted octanol–water partition coefficient (Wildman–Crippen LogP) is 1.73. The molecule has 0 amide bonds. The Hall–Kier alpha value is 0.527. The van der Waals surface area contributed by atoms with E-state index in [9.17, 15) is 4.39 Å². The van der Waals surface area contributed by atoms with E-state index in [0.717, 1.165) is 5.56 Å². The van der Waals surface area contributed by atoms with Crippen molar-refractivity contribution >= 4 is 0 Å². The molecule has 0 radical (unpaired) electrons. The van der Waals surface area contributed by atoms with Gasteiger partial charge in [-0.1, -0.05) is 0 Å². The molecule has 0 spiro atoms. The molecule has 0 saturated heterocycles. The Morgan fingerprint density at radius 3 is 1.90 bits per heavy atom. The fourth-order valence-electron chi connectivity index (χ4n) is 0.438. The van der Waals surface area contributed by atoms with Gasteiger partial charge in [-0.2, -0.15) is 0 Å². The van der Waals surface area contributed by atoms with Crippen LogP contribution >= 0.6 is 0 Å². The first-order valence-corrected chi connectivity index (χ1v) is 2.34.